The maximum Gasteiger partial charge on any atom is 0.251 e. The Hall–Kier alpha value is -2.97. The standard InChI is InChI=1S/C22H24N4O3S/c27-22(18-6-2-1-3-7-18)25-21-11-9-17-8-10-19(16-20(17)21)30(28,29)24-13-5-15-26-14-4-12-23-26/h1-4,6-8,10,12,14,16,21,24H,5,9,11,13,15H2,(H,25,27)/t21-/m1/s1. The van der Waals surface area contributed by atoms with E-state index in [2.05, 4.69) is 15.1 Å². The van der Waals surface area contributed by atoms with Gasteiger partial charge >= 0.3 is 0 Å². The first kappa shape index (κ1) is 20.3. The molecular weight excluding hydrogens is 400 g/mol. The minimum Gasteiger partial charge on any atom is -0.345 e. The van der Waals surface area contributed by atoms with E-state index in [4.69, 9.17) is 0 Å². The first-order valence-electron chi connectivity index (χ1n) is 9.99. The number of amides is 1. The normalized spacial score (nSPS) is 15.7. The molecule has 8 heteroatoms. The smallest absolute Gasteiger partial charge is 0.251 e. The monoisotopic (exact) mass is 424 g/mol. The Morgan fingerprint density at radius 1 is 1.13 bits per heavy atom. The highest BCUT2D eigenvalue weighted by Gasteiger charge is 2.26. The molecule has 1 amide bonds. The summed E-state index contributed by atoms with van der Waals surface area (Å²) in [6.45, 7) is 0.973. The topological polar surface area (TPSA) is 93.1 Å². The van der Waals surface area contributed by atoms with Crippen LogP contribution in [0, 0.1) is 0 Å². The predicted molar refractivity (Wildman–Crippen MR) is 113 cm³/mol. The van der Waals surface area contributed by atoms with Crippen LogP contribution in [0.1, 0.15) is 40.4 Å². The highest BCUT2D eigenvalue weighted by Crippen LogP contribution is 2.33. The highest BCUT2D eigenvalue weighted by atomic mass is 32.2. The summed E-state index contributed by atoms with van der Waals surface area (Å²) >= 11 is 0. The summed E-state index contributed by atoms with van der Waals surface area (Å²) in [6, 6.07) is 15.8. The molecule has 0 saturated carbocycles. The van der Waals surface area contributed by atoms with E-state index in [9.17, 15) is 13.2 Å². The van der Waals surface area contributed by atoms with Gasteiger partial charge in [0.15, 0.2) is 0 Å². The first-order valence-corrected chi connectivity index (χ1v) is 11.5. The molecule has 0 fully saturated rings. The zero-order valence-corrected chi connectivity index (χ0v) is 17.3. The van der Waals surface area contributed by atoms with Crippen LogP contribution in [0.25, 0.3) is 0 Å². The highest BCUT2D eigenvalue weighted by molar-refractivity contribution is 7.89. The summed E-state index contributed by atoms with van der Waals surface area (Å²) in [6.07, 6.45) is 5.75. The Morgan fingerprint density at radius 3 is 2.73 bits per heavy atom. The van der Waals surface area contributed by atoms with Gasteiger partial charge < -0.3 is 5.32 Å². The van der Waals surface area contributed by atoms with E-state index in [1.54, 1.807) is 35.1 Å². The van der Waals surface area contributed by atoms with Crippen LogP contribution in [0.3, 0.4) is 0 Å². The van der Waals surface area contributed by atoms with E-state index in [-0.39, 0.29) is 16.8 Å². The average molecular weight is 425 g/mol. The third kappa shape index (κ3) is 4.60. The van der Waals surface area contributed by atoms with Crippen LogP contribution in [0.4, 0.5) is 0 Å². The lowest BCUT2D eigenvalue weighted by atomic mass is 10.1. The minimum atomic E-state index is -3.62. The molecule has 1 atom stereocenters. The number of nitrogens with zero attached hydrogens (tertiary/aromatic N) is 2. The van der Waals surface area contributed by atoms with Crippen LogP contribution in [-0.4, -0.2) is 30.7 Å². The number of carbonyl (C=O) groups is 1. The van der Waals surface area contributed by atoms with Crippen molar-refractivity contribution in [2.75, 3.05) is 6.54 Å². The Morgan fingerprint density at radius 2 is 1.97 bits per heavy atom. The lowest BCUT2D eigenvalue weighted by molar-refractivity contribution is 0.0936. The number of benzene rings is 2. The second-order valence-corrected chi connectivity index (χ2v) is 9.08. The molecule has 0 radical (unpaired) electrons. The van der Waals surface area contributed by atoms with Gasteiger partial charge in [-0.2, -0.15) is 5.10 Å². The van der Waals surface area contributed by atoms with Crippen molar-refractivity contribution in [2.45, 2.75) is 36.7 Å². The molecule has 1 heterocycles. The van der Waals surface area contributed by atoms with Gasteiger partial charge in [0.1, 0.15) is 0 Å². The van der Waals surface area contributed by atoms with E-state index in [1.165, 1.54) is 0 Å². The molecule has 1 aliphatic rings. The fourth-order valence-electron chi connectivity index (χ4n) is 3.69. The zero-order chi connectivity index (χ0) is 21.0. The Bertz CT molecular complexity index is 1110. The quantitative estimate of drug-likeness (QED) is 0.544. The van der Waals surface area contributed by atoms with Crippen molar-refractivity contribution < 1.29 is 13.2 Å². The van der Waals surface area contributed by atoms with Crippen molar-refractivity contribution in [3.05, 3.63) is 83.7 Å². The largest absolute Gasteiger partial charge is 0.345 e. The lowest BCUT2D eigenvalue weighted by Gasteiger charge is -2.15. The van der Waals surface area contributed by atoms with Gasteiger partial charge in [-0.25, -0.2) is 13.1 Å². The Labute approximate surface area is 176 Å². The molecule has 0 bridgehead atoms. The van der Waals surface area contributed by atoms with Gasteiger partial charge in [-0.1, -0.05) is 24.3 Å². The van der Waals surface area contributed by atoms with Gasteiger partial charge in [0.2, 0.25) is 10.0 Å². The molecule has 156 valence electrons. The number of rotatable bonds is 8. The SMILES string of the molecule is O=C(N[C@@H]1CCc2ccc(S(=O)(=O)NCCCn3cccn3)cc21)c1ccccc1. The molecule has 7 nitrogen and oxygen atoms in total. The number of aryl methyl sites for hydroxylation is 2. The molecule has 1 aliphatic carbocycles. The Balaban J connectivity index is 1.42. The van der Waals surface area contributed by atoms with Gasteiger partial charge in [0.05, 0.1) is 10.9 Å². The van der Waals surface area contributed by atoms with Crippen molar-refractivity contribution in [1.82, 2.24) is 19.8 Å². The van der Waals surface area contributed by atoms with Crippen molar-refractivity contribution in [3.63, 3.8) is 0 Å². The summed E-state index contributed by atoms with van der Waals surface area (Å²) in [5.41, 5.74) is 2.54. The summed E-state index contributed by atoms with van der Waals surface area (Å²) in [5, 5.41) is 7.14. The molecule has 4 rings (SSSR count). The number of nitrogens with one attached hydrogen (secondary N) is 2. The molecule has 2 N–H and O–H groups in total. The number of hydrogen-bond acceptors (Lipinski definition) is 4. The van der Waals surface area contributed by atoms with Crippen LogP contribution in [0.2, 0.25) is 0 Å². The van der Waals surface area contributed by atoms with Gasteiger partial charge in [0.25, 0.3) is 5.91 Å². The van der Waals surface area contributed by atoms with Gasteiger partial charge in [-0.3, -0.25) is 9.48 Å². The second kappa shape index (κ2) is 8.81. The van der Waals surface area contributed by atoms with Crippen LogP contribution in [0.15, 0.2) is 71.9 Å². The molecule has 0 aliphatic heterocycles. The fourth-order valence-corrected chi connectivity index (χ4v) is 4.80. The maximum absolute atomic E-state index is 12.7. The molecule has 0 spiro atoms. The third-order valence-corrected chi connectivity index (χ3v) is 6.72. The number of fused-ring (bicyclic) bond motifs is 1. The second-order valence-electron chi connectivity index (χ2n) is 7.31. The summed E-state index contributed by atoms with van der Waals surface area (Å²) < 4.78 is 29.9. The lowest BCUT2D eigenvalue weighted by Crippen LogP contribution is -2.28. The summed E-state index contributed by atoms with van der Waals surface area (Å²) in [5.74, 6) is -0.154. The molecule has 2 aromatic carbocycles. The van der Waals surface area contributed by atoms with Crippen LogP contribution in [-0.2, 0) is 23.0 Å². The zero-order valence-electron chi connectivity index (χ0n) is 16.5. The van der Waals surface area contributed by atoms with Crippen LogP contribution in [0.5, 0.6) is 0 Å². The van der Waals surface area contributed by atoms with Crippen LogP contribution >= 0.6 is 0 Å². The number of carbonyl (C=O) groups excluding carboxylic acids is 1. The van der Waals surface area contributed by atoms with Crippen LogP contribution < -0.4 is 10.0 Å². The van der Waals surface area contributed by atoms with E-state index < -0.39 is 10.0 Å². The average Bonchev–Trinajstić information content (AvgIpc) is 3.42. The van der Waals surface area contributed by atoms with Crippen molar-refractivity contribution in [3.8, 4) is 0 Å². The number of aromatic nitrogens is 2. The fraction of sp³-hybridized carbons (Fsp3) is 0.273. The predicted octanol–water partition coefficient (Wildman–Crippen LogP) is 2.67. The van der Waals surface area contributed by atoms with Crippen molar-refractivity contribution in [2.24, 2.45) is 0 Å². The van der Waals surface area contributed by atoms with E-state index >= 15 is 0 Å². The summed E-state index contributed by atoms with van der Waals surface area (Å²) in [7, 11) is -3.62. The number of sulfonamides is 1. The number of hydrogen-bond donors (Lipinski definition) is 2. The molecule has 3 aromatic rings. The van der Waals surface area contributed by atoms with E-state index in [1.807, 2.05) is 36.5 Å². The summed E-state index contributed by atoms with van der Waals surface area (Å²) in [4.78, 5) is 12.7. The van der Waals surface area contributed by atoms with Gasteiger partial charge in [0, 0.05) is 31.0 Å². The van der Waals surface area contributed by atoms with E-state index in [0.717, 1.165) is 24.0 Å². The molecular formula is C22H24N4O3S. The van der Waals surface area contributed by atoms with E-state index in [0.29, 0.717) is 25.1 Å². The molecule has 0 unspecified atom stereocenters. The van der Waals surface area contributed by atoms with Crippen molar-refractivity contribution >= 4 is 15.9 Å². The molecule has 30 heavy (non-hydrogen) atoms. The maximum atomic E-state index is 12.7. The first-order chi connectivity index (χ1) is 14.5. The van der Waals surface area contributed by atoms with Gasteiger partial charge in [-0.05, 0) is 60.7 Å². The minimum absolute atomic E-state index is 0.154. The molecule has 1 aromatic heterocycles. The van der Waals surface area contributed by atoms with Gasteiger partial charge in [-0.15, -0.1) is 0 Å². The Kier molecular flexibility index (Phi) is 5.96. The van der Waals surface area contributed by atoms with Crippen molar-refractivity contribution in [1.29, 1.82) is 0 Å². The third-order valence-electron chi connectivity index (χ3n) is 5.26. The molecule has 0 saturated heterocycles.